The molecule has 0 bridgehead atoms. The van der Waals surface area contributed by atoms with Crippen LogP contribution in [0.2, 0.25) is 0 Å². The van der Waals surface area contributed by atoms with E-state index in [1.165, 1.54) is 7.11 Å². The number of benzene rings is 1. The van der Waals surface area contributed by atoms with Gasteiger partial charge in [0.15, 0.2) is 0 Å². The molecule has 19 heavy (non-hydrogen) atoms. The van der Waals surface area contributed by atoms with Crippen LogP contribution in [0.4, 0.5) is 0 Å². The summed E-state index contributed by atoms with van der Waals surface area (Å²) < 4.78 is 11.3. The number of hydrogen-bond donors (Lipinski definition) is 1. The maximum absolute atomic E-state index is 11.1. The van der Waals surface area contributed by atoms with E-state index in [0.29, 0.717) is 6.61 Å². The van der Waals surface area contributed by atoms with Crippen LogP contribution in [-0.4, -0.2) is 26.2 Å². The molecule has 1 N–H and O–H groups in total. The maximum atomic E-state index is 11.1. The van der Waals surface area contributed by atoms with E-state index in [-0.39, 0.29) is 18.4 Å². The molecule has 0 heterocycles. The predicted octanol–water partition coefficient (Wildman–Crippen LogP) is 3.06. The molecule has 0 spiro atoms. The van der Waals surface area contributed by atoms with Gasteiger partial charge < -0.3 is 14.8 Å². The number of rotatable bonds is 7. The fourth-order valence-corrected chi connectivity index (χ4v) is 2.13. The summed E-state index contributed by atoms with van der Waals surface area (Å²) in [5.41, 5.74) is 1.07. The number of carbonyl (C=O) groups is 1. The van der Waals surface area contributed by atoms with Crippen LogP contribution in [0.15, 0.2) is 22.7 Å². The Hall–Kier alpha value is -1.07. The van der Waals surface area contributed by atoms with Crippen molar-refractivity contribution in [3.05, 3.63) is 28.2 Å². The Kier molecular flexibility index (Phi) is 6.87. The van der Waals surface area contributed by atoms with E-state index in [4.69, 9.17) is 4.74 Å². The van der Waals surface area contributed by atoms with Crippen molar-refractivity contribution in [3.8, 4) is 5.75 Å². The fraction of sp³-hybridized carbons (Fsp3) is 0.500. The molecule has 0 aromatic heterocycles. The topological polar surface area (TPSA) is 47.6 Å². The molecule has 106 valence electrons. The molecule has 0 aliphatic heterocycles. The Morgan fingerprint density at radius 1 is 1.47 bits per heavy atom. The minimum absolute atomic E-state index is 0.190. The zero-order valence-corrected chi connectivity index (χ0v) is 13.1. The van der Waals surface area contributed by atoms with Crippen molar-refractivity contribution < 1.29 is 14.3 Å². The highest BCUT2D eigenvalue weighted by molar-refractivity contribution is 9.10. The summed E-state index contributed by atoms with van der Waals surface area (Å²) in [7, 11) is 1.38. The first-order chi connectivity index (χ1) is 9.08. The van der Waals surface area contributed by atoms with Gasteiger partial charge in [-0.2, -0.15) is 0 Å². The summed E-state index contributed by atoms with van der Waals surface area (Å²) in [6.45, 7) is 5.35. The summed E-state index contributed by atoms with van der Waals surface area (Å²) in [5, 5.41) is 3.35. The Balaban J connectivity index is 2.73. The van der Waals surface area contributed by atoms with E-state index in [9.17, 15) is 4.79 Å². The number of hydrogen-bond acceptors (Lipinski definition) is 4. The van der Waals surface area contributed by atoms with Gasteiger partial charge in [0.25, 0.3) is 0 Å². The Labute approximate surface area is 122 Å². The number of methoxy groups -OCH3 is 1. The molecular formula is C14H20BrNO3. The molecule has 0 radical (unpaired) electrons. The van der Waals surface area contributed by atoms with Crippen LogP contribution in [0.3, 0.4) is 0 Å². The first kappa shape index (κ1) is 16.0. The fourth-order valence-electron chi connectivity index (χ4n) is 1.75. The number of ether oxygens (including phenoxy) is 2. The highest BCUT2D eigenvalue weighted by Gasteiger charge is 2.12. The van der Waals surface area contributed by atoms with Crippen molar-refractivity contribution in [2.75, 3.05) is 20.3 Å². The van der Waals surface area contributed by atoms with Gasteiger partial charge >= 0.3 is 5.97 Å². The predicted molar refractivity (Wildman–Crippen MR) is 78.4 cm³/mol. The van der Waals surface area contributed by atoms with Gasteiger partial charge in [-0.15, -0.1) is 0 Å². The van der Waals surface area contributed by atoms with E-state index in [1.807, 2.05) is 18.2 Å². The van der Waals surface area contributed by atoms with Gasteiger partial charge in [0.1, 0.15) is 5.75 Å². The van der Waals surface area contributed by atoms with E-state index in [0.717, 1.165) is 22.3 Å². The highest BCUT2D eigenvalue weighted by atomic mass is 79.9. The van der Waals surface area contributed by atoms with Crippen LogP contribution < -0.4 is 10.1 Å². The maximum Gasteiger partial charge on any atom is 0.308 e. The van der Waals surface area contributed by atoms with Gasteiger partial charge in [0.05, 0.1) is 20.1 Å². The molecule has 0 saturated heterocycles. The molecule has 4 nitrogen and oxygen atoms in total. The second-order valence-electron chi connectivity index (χ2n) is 4.14. The molecular weight excluding hydrogens is 310 g/mol. The van der Waals surface area contributed by atoms with E-state index < -0.39 is 0 Å². The summed E-state index contributed by atoms with van der Waals surface area (Å²) in [4.78, 5) is 11.1. The summed E-state index contributed by atoms with van der Waals surface area (Å²) in [5.74, 6) is 0.527. The van der Waals surface area contributed by atoms with Crippen LogP contribution in [0.25, 0.3) is 0 Å². The summed E-state index contributed by atoms with van der Waals surface area (Å²) in [6.07, 6.45) is 0.252. The molecule has 0 aliphatic carbocycles. The third kappa shape index (κ3) is 5.20. The lowest BCUT2D eigenvalue weighted by atomic mass is 10.1. The van der Waals surface area contributed by atoms with Gasteiger partial charge in [-0.1, -0.05) is 22.9 Å². The van der Waals surface area contributed by atoms with Crippen molar-refractivity contribution in [1.82, 2.24) is 5.32 Å². The van der Waals surface area contributed by atoms with Crippen molar-refractivity contribution >= 4 is 21.9 Å². The van der Waals surface area contributed by atoms with E-state index in [2.05, 4.69) is 39.8 Å². The summed E-state index contributed by atoms with van der Waals surface area (Å²) in [6, 6.07) is 6.05. The van der Waals surface area contributed by atoms with Gasteiger partial charge in [0.2, 0.25) is 0 Å². The third-order valence-electron chi connectivity index (χ3n) is 2.74. The van der Waals surface area contributed by atoms with Crippen LogP contribution >= 0.6 is 15.9 Å². The SMILES string of the molecule is CCNC(C)c1cc(Br)ccc1OCCC(=O)OC. The molecule has 0 amide bonds. The molecule has 1 aromatic rings. The molecule has 0 saturated carbocycles. The quantitative estimate of drug-likeness (QED) is 0.781. The Bertz CT molecular complexity index is 423. The number of nitrogens with one attached hydrogen (secondary N) is 1. The smallest absolute Gasteiger partial charge is 0.308 e. The lowest BCUT2D eigenvalue weighted by molar-refractivity contribution is -0.141. The first-order valence-electron chi connectivity index (χ1n) is 6.31. The molecule has 1 atom stereocenters. The average Bonchev–Trinajstić information content (AvgIpc) is 2.40. The number of carbonyl (C=O) groups excluding carboxylic acids is 1. The van der Waals surface area contributed by atoms with Crippen molar-refractivity contribution in [3.63, 3.8) is 0 Å². The summed E-state index contributed by atoms with van der Waals surface area (Å²) >= 11 is 3.46. The number of esters is 1. The zero-order valence-electron chi connectivity index (χ0n) is 11.5. The third-order valence-corrected chi connectivity index (χ3v) is 3.23. The van der Waals surface area contributed by atoms with Gasteiger partial charge in [0, 0.05) is 16.1 Å². The van der Waals surface area contributed by atoms with Crippen LogP contribution in [0.5, 0.6) is 5.75 Å². The van der Waals surface area contributed by atoms with Crippen molar-refractivity contribution in [1.29, 1.82) is 0 Å². The van der Waals surface area contributed by atoms with Gasteiger partial charge in [-0.05, 0) is 31.7 Å². The number of halogens is 1. The zero-order chi connectivity index (χ0) is 14.3. The van der Waals surface area contributed by atoms with Crippen LogP contribution in [0.1, 0.15) is 31.9 Å². The normalized spacial score (nSPS) is 12.0. The van der Waals surface area contributed by atoms with Crippen molar-refractivity contribution in [2.24, 2.45) is 0 Å². The highest BCUT2D eigenvalue weighted by Crippen LogP contribution is 2.28. The molecule has 1 unspecified atom stereocenters. The Morgan fingerprint density at radius 3 is 2.84 bits per heavy atom. The molecule has 1 rings (SSSR count). The molecule has 1 aromatic carbocycles. The van der Waals surface area contributed by atoms with Crippen LogP contribution in [-0.2, 0) is 9.53 Å². The second kappa shape index (κ2) is 8.17. The first-order valence-corrected chi connectivity index (χ1v) is 7.10. The molecule has 5 heteroatoms. The molecule has 0 aliphatic rings. The largest absolute Gasteiger partial charge is 0.493 e. The minimum atomic E-state index is -0.265. The van der Waals surface area contributed by atoms with Gasteiger partial charge in [-0.3, -0.25) is 4.79 Å². The second-order valence-corrected chi connectivity index (χ2v) is 5.05. The molecule has 0 fully saturated rings. The van der Waals surface area contributed by atoms with Crippen LogP contribution in [0, 0.1) is 0 Å². The Morgan fingerprint density at radius 2 is 2.21 bits per heavy atom. The lowest BCUT2D eigenvalue weighted by Gasteiger charge is -2.18. The monoisotopic (exact) mass is 329 g/mol. The van der Waals surface area contributed by atoms with E-state index in [1.54, 1.807) is 0 Å². The van der Waals surface area contributed by atoms with Gasteiger partial charge in [-0.25, -0.2) is 0 Å². The van der Waals surface area contributed by atoms with E-state index >= 15 is 0 Å². The van der Waals surface area contributed by atoms with Crippen molar-refractivity contribution in [2.45, 2.75) is 26.3 Å². The average molecular weight is 330 g/mol. The lowest BCUT2D eigenvalue weighted by Crippen LogP contribution is -2.19. The minimum Gasteiger partial charge on any atom is -0.493 e. The standard InChI is InChI=1S/C14H20BrNO3/c1-4-16-10(2)12-9-11(15)5-6-13(12)19-8-7-14(17)18-3/h5-6,9-10,16H,4,7-8H2,1-3H3.